The second-order valence-corrected chi connectivity index (χ2v) is 3.87. The molecule has 2 aromatic rings. The molecule has 2 rings (SSSR count). The molecule has 0 spiro atoms. The molecule has 0 unspecified atom stereocenters. The summed E-state index contributed by atoms with van der Waals surface area (Å²) in [5.41, 5.74) is 0.167. The first-order chi connectivity index (χ1) is 9.60. The van der Waals surface area contributed by atoms with Crippen LogP contribution in [-0.4, -0.2) is 15.9 Å². The molecule has 1 amide bonds. The number of nitriles is 1. The summed E-state index contributed by atoms with van der Waals surface area (Å²) in [5.74, 6) is -2.24. The van der Waals surface area contributed by atoms with Crippen LogP contribution in [0, 0.1) is 23.1 Å². The fourth-order valence-electron chi connectivity index (χ4n) is 1.50. The van der Waals surface area contributed by atoms with Gasteiger partial charge in [0.05, 0.1) is 17.3 Å². The van der Waals surface area contributed by atoms with Gasteiger partial charge in [-0.15, -0.1) is 0 Å². The summed E-state index contributed by atoms with van der Waals surface area (Å²) in [6.45, 7) is -0.0141. The Kier molecular flexibility index (Phi) is 3.96. The second-order valence-electron chi connectivity index (χ2n) is 3.87. The molecule has 0 fully saturated rings. The van der Waals surface area contributed by atoms with Gasteiger partial charge < -0.3 is 5.32 Å². The molecule has 0 aromatic carbocycles. The van der Waals surface area contributed by atoms with E-state index in [1.807, 2.05) is 0 Å². The van der Waals surface area contributed by atoms with E-state index in [1.54, 1.807) is 6.07 Å². The first kappa shape index (κ1) is 13.5. The predicted molar refractivity (Wildman–Crippen MR) is 64.3 cm³/mol. The van der Waals surface area contributed by atoms with E-state index in [0.29, 0.717) is 5.56 Å². The normalized spacial score (nSPS) is 9.85. The molecule has 100 valence electrons. The van der Waals surface area contributed by atoms with Gasteiger partial charge in [0.25, 0.3) is 5.91 Å². The number of aromatic nitrogens is 2. The molecule has 0 bridgehead atoms. The number of nitrogens with zero attached hydrogens (tertiary/aromatic N) is 3. The Morgan fingerprint density at radius 3 is 2.80 bits per heavy atom. The van der Waals surface area contributed by atoms with Crippen molar-refractivity contribution in [3.63, 3.8) is 0 Å². The lowest BCUT2D eigenvalue weighted by Crippen LogP contribution is -2.24. The summed E-state index contributed by atoms with van der Waals surface area (Å²) < 4.78 is 26.3. The van der Waals surface area contributed by atoms with Gasteiger partial charge in [-0.1, -0.05) is 0 Å². The van der Waals surface area contributed by atoms with Crippen LogP contribution < -0.4 is 5.32 Å². The zero-order valence-electron chi connectivity index (χ0n) is 10.1. The fourth-order valence-corrected chi connectivity index (χ4v) is 1.50. The minimum atomic E-state index is -0.973. The van der Waals surface area contributed by atoms with Crippen molar-refractivity contribution in [1.29, 1.82) is 5.26 Å². The van der Waals surface area contributed by atoms with Crippen molar-refractivity contribution >= 4 is 5.91 Å². The largest absolute Gasteiger partial charge is 0.348 e. The maximum Gasteiger partial charge on any atom is 0.256 e. The first-order valence-corrected chi connectivity index (χ1v) is 5.53. The smallest absolute Gasteiger partial charge is 0.256 e. The molecule has 2 heterocycles. The summed E-state index contributed by atoms with van der Waals surface area (Å²) in [6.07, 6.45) is 3.44. The van der Waals surface area contributed by atoms with Crippen LogP contribution in [0.5, 0.6) is 0 Å². The molecule has 20 heavy (non-hydrogen) atoms. The molecule has 0 saturated heterocycles. The highest BCUT2D eigenvalue weighted by Gasteiger charge is 2.13. The van der Waals surface area contributed by atoms with Gasteiger partial charge in [-0.25, -0.2) is 9.37 Å². The summed E-state index contributed by atoms with van der Waals surface area (Å²) in [4.78, 5) is 18.7. The lowest BCUT2D eigenvalue weighted by Gasteiger charge is -2.06. The number of carbonyl (C=O) groups excluding carboxylic acids is 1. The molecule has 0 atom stereocenters. The first-order valence-electron chi connectivity index (χ1n) is 5.53. The van der Waals surface area contributed by atoms with E-state index in [1.165, 1.54) is 12.3 Å². The van der Waals surface area contributed by atoms with Gasteiger partial charge >= 0.3 is 0 Å². The average Bonchev–Trinajstić information content (AvgIpc) is 2.45. The van der Waals surface area contributed by atoms with Crippen LogP contribution in [0.25, 0.3) is 0 Å². The van der Waals surface area contributed by atoms with Crippen molar-refractivity contribution < 1.29 is 13.6 Å². The van der Waals surface area contributed by atoms with Crippen LogP contribution in [0.15, 0.2) is 30.7 Å². The van der Waals surface area contributed by atoms with Crippen molar-refractivity contribution in [1.82, 2.24) is 15.3 Å². The Labute approximate surface area is 112 Å². The Morgan fingerprint density at radius 1 is 1.30 bits per heavy atom. The molecule has 7 heteroatoms. The van der Waals surface area contributed by atoms with Crippen LogP contribution >= 0.6 is 0 Å². The Morgan fingerprint density at radius 2 is 2.10 bits per heavy atom. The van der Waals surface area contributed by atoms with E-state index in [9.17, 15) is 13.6 Å². The molecule has 2 aromatic heterocycles. The van der Waals surface area contributed by atoms with Gasteiger partial charge in [0.1, 0.15) is 11.9 Å². The van der Waals surface area contributed by atoms with Gasteiger partial charge in [-0.2, -0.15) is 9.65 Å². The lowest BCUT2D eigenvalue weighted by molar-refractivity contribution is 0.0946. The summed E-state index contributed by atoms with van der Waals surface area (Å²) >= 11 is 0. The van der Waals surface area contributed by atoms with E-state index >= 15 is 0 Å². The fraction of sp³-hybridized carbons (Fsp3) is 0.0769. The highest BCUT2D eigenvalue weighted by molar-refractivity contribution is 5.94. The lowest BCUT2D eigenvalue weighted by atomic mass is 10.2. The van der Waals surface area contributed by atoms with Crippen molar-refractivity contribution in [2.24, 2.45) is 0 Å². The molecular formula is C13H8F2N4O. The maximum absolute atomic E-state index is 13.4. The Balaban J connectivity index is 2.11. The Bertz CT molecular complexity index is 697. The van der Waals surface area contributed by atoms with Crippen molar-refractivity contribution in [3.8, 4) is 6.07 Å². The third kappa shape index (κ3) is 3.11. The summed E-state index contributed by atoms with van der Waals surface area (Å²) in [5, 5.41) is 11.1. The van der Waals surface area contributed by atoms with Crippen LogP contribution in [0.3, 0.4) is 0 Å². The Hall–Kier alpha value is -2.88. The van der Waals surface area contributed by atoms with E-state index in [-0.39, 0.29) is 17.7 Å². The van der Waals surface area contributed by atoms with Crippen LogP contribution in [0.1, 0.15) is 21.5 Å². The number of rotatable bonds is 3. The van der Waals surface area contributed by atoms with Gasteiger partial charge in [0, 0.05) is 18.9 Å². The number of nitrogens with one attached hydrogen (secondary N) is 1. The molecule has 0 aliphatic rings. The second kappa shape index (κ2) is 5.84. The summed E-state index contributed by atoms with van der Waals surface area (Å²) in [7, 11) is 0. The third-order valence-electron chi connectivity index (χ3n) is 2.43. The zero-order chi connectivity index (χ0) is 14.5. The highest BCUT2D eigenvalue weighted by Crippen LogP contribution is 2.08. The molecular weight excluding hydrogens is 266 g/mol. The quantitative estimate of drug-likeness (QED) is 0.861. The van der Waals surface area contributed by atoms with Gasteiger partial charge in [0.2, 0.25) is 5.95 Å². The minimum Gasteiger partial charge on any atom is -0.348 e. The number of amides is 1. The molecule has 0 radical (unpaired) electrons. The topological polar surface area (TPSA) is 78.7 Å². The summed E-state index contributed by atoms with van der Waals surface area (Å²) in [6, 6.07) is 4.06. The molecule has 0 aliphatic carbocycles. The number of halogens is 2. The monoisotopic (exact) mass is 274 g/mol. The van der Waals surface area contributed by atoms with Crippen LogP contribution in [0.4, 0.5) is 8.78 Å². The van der Waals surface area contributed by atoms with E-state index in [2.05, 4.69) is 15.3 Å². The van der Waals surface area contributed by atoms with E-state index in [0.717, 1.165) is 18.5 Å². The molecule has 1 N–H and O–H groups in total. The number of hydrogen-bond donors (Lipinski definition) is 1. The molecule has 0 aliphatic heterocycles. The molecule has 5 nitrogen and oxygen atoms in total. The minimum absolute atomic E-state index is 0.0141. The highest BCUT2D eigenvalue weighted by atomic mass is 19.1. The van der Waals surface area contributed by atoms with E-state index < -0.39 is 17.7 Å². The van der Waals surface area contributed by atoms with Crippen LogP contribution in [0.2, 0.25) is 0 Å². The zero-order valence-corrected chi connectivity index (χ0v) is 10.1. The van der Waals surface area contributed by atoms with Crippen LogP contribution in [-0.2, 0) is 6.54 Å². The number of carbonyl (C=O) groups is 1. The number of hydrogen-bond acceptors (Lipinski definition) is 4. The maximum atomic E-state index is 13.4. The third-order valence-corrected chi connectivity index (χ3v) is 2.43. The van der Waals surface area contributed by atoms with Gasteiger partial charge in [-0.05, 0) is 17.7 Å². The van der Waals surface area contributed by atoms with Crippen molar-refractivity contribution in [2.75, 3.05) is 0 Å². The van der Waals surface area contributed by atoms with Crippen molar-refractivity contribution in [2.45, 2.75) is 6.54 Å². The number of pyridine rings is 2. The SMILES string of the molecule is N#Cc1cnc(F)c(C(=O)NCc2cncc(F)c2)c1. The van der Waals surface area contributed by atoms with Gasteiger partial charge in [0.15, 0.2) is 0 Å². The van der Waals surface area contributed by atoms with Gasteiger partial charge in [-0.3, -0.25) is 9.78 Å². The average molecular weight is 274 g/mol. The molecule has 0 saturated carbocycles. The van der Waals surface area contributed by atoms with Crippen molar-refractivity contribution in [3.05, 3.63) is 59.2 Å². The standard InChI is InChI=1S/C13H8F2N4O/c14-10-1-9(4-17-7-10)6-19-13(20)11-2-8(3-16)5-18-12(11)15/h1-2,4-5,7H,6H2,(H,19,20). The predicted octanol–water partition coefficient (Wildman–Crippen LogP) is 1.56. The van der Waals surface area contributed by atoms with E-state index in [4.69, 9.17) is 5.26 Å².